The Kier molecular flexibility index (Phi) is 5.63. The van der Waals surface area contributed by atoms with E-state index in [9.17, 15) is 0 Å². The fourth-order valence-electron chi connectivity index (χ4n) is 3.16. The van der Waals surface area contributed by atoms with Crippen LogP contribution in [0.25, 0.3) is 0 Å². The fraction of sp³-hybridized carbons (Fsp3) is 0.368. The number of rotatable bonds is 6. The number of piperazine rings is 1. The molecule has 3 heterocycles. The SMILES string of the molecule is COc1ccc(Cc2nn(CN3CCN(c4ncccn4)CC3)c(=S)o2)cc1. The number of hydrogen-bond donors (Lipinski definition) is 0. The molecule has 2 aromatic heterocycles. The quantitative estimate of drug-likeness (QED) is 0.586. The predicted molar refractivity (Wildman–Crippen MR) is 107 cm³/mol. The molecule has 3 aromatic rings. The highest BCUT2D eigenvalue weighted by Crippen LogP contribution is 2.15. The van der Waals surface area contributed by atoms with Crippen molar-refractivity contribution in [3.63, 3.8) is 0 Å². The van der Waals surface area contributed by atoms with Gasteiger partial charge in [0.2, 0.25) is 11.8 Å². The third-order valence-corrected chi connectivity index (χ3v) is 5.00. The third kappa shape index (κ3) is 4.37. The Bertz CT molecular complexity index is 949. The minimum atomic E-state index is 0.400. The van der Waals surface area contributed by atoms with Crippen LogP contribution in [0.4, 0.5) is 5.95 Å². The highest BCUT2D eigenvalue weighted by molar-refractivity contribution is 7.71. The summed E-state index contributed by atoms with van der Waals surface area (Å²) in [5, 5.41) is 4.55. The smallest absolute Gasteiger partial charge is 0.288 e. The van der Waals surface area contributed by atoms with E-state index in [-0.39, 0.29) is 0 Å². The van der Waals surface area contributed by atoms with Crippen LogP contribution in [0.1, 0.15) is 11.5 Å². The van der Waals surface area contributed by atoms with E-state index in [2.05, 4.69) is 24.9 Å². The van der Waals surface area contributed by atoms with Crippen molar-refractivity contribution in [1.29, 1.82) is 0 Å². The first-order valence-electron chi connectivity index (χ1n) is 9.15. The second kappa shape index (κ2) is 8.49. The first-order valence-corrected chi connectivity index (χ1v) is 9.56. The summed E-state index contributed by atoms with van der Waals surface area (Å²) in [7, 11) is 1.65. The molecule has 0 N–H and O–H groups in total. The summed E-state index contributed by atoms with van der Waals surface area (Å²) in [6.45, 7) is 4.14. The molecule has 1 saturated heterocycles. The molecule has 0 unspecified atom stereocenters. The number of aromatic nitrogens is 4. The molecule has 0 aliphatic carbocycles. The second-order valence-electron chi connectivity index (χ2n) is 6.58. The van der Waals surface area contributed by atoms with Crippen LogP contribution in [-0.2, 0) is 13.1 Å². The maximum absolute atomic E-state index is 5.69. The average Bonchev–Trinajstić information content (AvgIpc) is 3.08. The predicted octanol–water partition coefficient (Wildman–Crippen LogP) is 2.37. The van der Waals surface area contributed by atoms with Gasteiger partial charge in [-0.2, -0.15) is 0 Å². The molecule has 0 spiro atoms. The molecule has 1 fully saturated rings. The number of ether oxygens (including phenoxy) is 1. The number of nitrogens with zero attached hydrogens (tertiary/aromatic N) is 6. The van der Waals surface area contributed by atoms with Crippen LogP contribution in [-0.4, -0.2) is 57.9 Å². The molecule has 0 saturated carbocycles. The Balaban J connectivity index is 1.35. The molecule has 1 aliphatic heterocycles. The maximum Gasteiger partial charge on any atom is 0.288 e. The lowest BCUT2D eigenvalue weighted by atomic mass is 10.1. The van der Waals surface area contributed by atoms with Crippen molar-refractivity contribution < 1.29 is 9.15 Å². The molecule has 0 radical (unpaired) electrons. The van der Waals surface area contributed by atoms with Crippen LogP contribution >= 0.6 is 12.2 Å². The van der Waals surface area contributed by atoms with E-state index in [4.69, 9.17) is 21.4 Å². The van der Waals surface area contributed by atoms with E-state index >= 15 is 0 Å². The Morgan fingerprint density at radius 1 is 1.07 bits per heavy atom. The van der Waals surface area contributed by atoms with Crippen molar-refractivity contribution in [2.45, 2.75) is 13.1 Å². The van der Waals surface area contributed by atoms with E-state index in [1.54, 1.807) is 24.2 Å². The van der Waals surface area contributed by atoms with E-state index in [1.807, 2.05) is 30.3 Å². The molecule has 1 aliphatic rings. The van der Waals surface area contributed by atoms with Gasteiger partial charge >= 0.3 is 0 Å². The second-order valence-corrected chi connectivity index (χ2v) is 6.93. The standard InChI is InChI=1S/C19H22N6O2S/c1-26-16-5-3-15(4-6-16)13-17-22-25(19(28)27-17)14-23-9-11-24(12-10-23)18-20-7-2-8-21-18/h2-8H,9-14H2,1H3. The zero-order valence-electron chi connectivity index (χ0n) is 15.7. The maximum atomic E-state index is 5.69. The zero-order valence-corrected chi connectivity index (χ0v) is 16.5. The first-order chi connectivity index (χ1) is 13.7. The summed E-state index contributed by atoms with van der Waals surface area (Å²) in [6, 6.07) is 9.69. The van der Waals surface area contributed by atoms with Gasteiger partial charge in [0.1, 0.15) is 5.75 Å². The zero-order chi connectivity index (χ0) is 19.3. The van der Waals surface area contributed by atoms with Crippen LogP contribution in [0.15, 0.2) is 47.1 Å². The topological polar surface area (TPSA) is 72.5 Å². The van der Waals surface area contributed by atoms with Gasteiger partial charge in [0.05, 0.1) is 20.2 Å². The van der Waals surface area contributed by atoms with Gasteiger partial charge in [0.15, 0.2) is 0 Å². The molecular weight excluding hydrogens is 376 g/mol. The Labute approximate surface area is 168 Å². The van der Waals surface area contributed by atoms with Gasteiger partial charge in [-0.1, -0.05) is 12.1 Å². The average molecular weight is 398 g/mol. The lowest BCUT2D eigenvalue weighted by Crippen LogP contribution is -2.47. The Morgan fingerprint density at radius 3 is 2.46 bits per heavy atom. The minimum Gasteiger partial charge on any atom is -0.497 e. The number of anilines is 1. The van der Waals surface area contributed by atoms with Crippen LogP contribution in [0, 0.1) is 4.84 Å². The normalized spacial score (nSPS) is 15.0. The van der Waals surface area contributed by atoms with Crippen LogP contribution in [0.5, 0.6) is 5.75 Å². The monoisotopic (exact) mass is 398 g/mol. The molecule has 9 heteroatoms. The van der Waals surface area contributed by atoms with Crippen molar-refractivity contribution >= 4 is 18.2 Å². The highest BCUT2D eigenvalue weighted by atomic mass is 32.1. The summed E-state index contributed by atoms with van der Waals surface area (Å²) >= 11 is 5.35. The first kappa shape index (κ1) is 18.6. The minimum absolute atomic E-state index is 0.400. The van der Waals surface area contributed by atoms with Crippen molar-refractivity contribution in [2.24, 2.45) is 0 Å². The molecule has 0 atom stereocenters. The van der Waals surface area contributed by atoms with Crippen molar-refractivity contribution in [1.82, 2.24) is 24.6 Å². The lowest BCUT2D eigenvalue weighted by Gasteiger charge is -2.34. The summed E-state index contributed by atoms with van der Waals surface area (Å²) < 4.78 is 12.6. The lowest BCUT2D eigenvalue weighted by molar-refractivity contribution is 0.191. The van der Waals surface area contributed by atoms with Crippen LogP contribution in [0.2, 0.25) is 0 Å². The molecule has 0 amide bonds. The number of methoxy groups -OCH3 is 1. The fourth-order valence-corrected chi connectivity index (χ4v) is 3.36. The van der Waals surface area contributed by atoms with Gasteiger partial charge in [-0.05, 0) is 36.0 Å². The molecule has 1 aromatic carbocycles. The summed E-state index contributed by atoms with van der Waals surface area (Å²) in [6.07, 6.45) is 4.14. The van der Waals surface area contributed by atoms with Gasteiger partial charge < -0.3 is 14.1 Å². The molecular formula is C19H22N6O2S. The Hall–Kier alpha value is -2.78. The largest absolute Gasteiger partial charge is 0.497 e. The molecule has 8 nitrogen and oxygen atoms in total. The van der Waals surface area contributed by atoms with Gasteiger partial charge in [-0.15, -0.1) is 5.10 Å². The highest BCUT2D eigenvalue weighted by Gasteiger charge is 2.20. The number of hydrogen-bond acceptors (Lipinski definition) is 8. The van der Waals surface area contributed by atoms with Crippen molar-refractivity contribution in [3.8, 4) is 5.75 Å². The van der Waals surface area contributed by atoms with E-state index < -0.39 is 0 Å². The van der Waals surface area contributed by atoms with Gasteiger partial charge in [0.25, 0.3) is 4.84 Å². The molecule has 146 valence electrons. The summed E-state index contributed by atoms with van der Waals surface area (Å²) in [4.78, 5) is 13.5. The van der Waals surface area contributed by atoms with E-state index in [1.165, 1.54) is 0 Å². The molecule has 4 rings (SSSR count). The van der Waals surface area contributed by atoms with E-state index in [0.717, 1.165) is 43.4 Å². The van der Waals surface area contributed by atoms with Crippen molar-refractivity contribution in [3.05, 3.63) is 59.0 Å². The molecule has 28 heavy (non-hydrogen) atoms. The number of benzene rings is 1. The van der Waals surface area contributed by atoms with Gasteiger partial charge in [0, 0.05) is 38.6 Å². The van der Waals surface area contributed by atoms with E-state index in [0.29, 0.717) is 23.8 Å². The summed E-state index contributed by atoms with van der Waals surface area (Å²) in [5.74, 6) is 2.23. The third-order valence-electron chi connectivity index (χ3n) is 4.70. The van der Waals surface area contributed by atoms with Crippen molar-refractivity contribution in [2.75, 3.05) is 38.2 Å². The van der Waals surface area contributed by atoms with Crippen LogP contribution < -0.4 is 9.64 Å². The van der Waals surface area contributed by atoms with Gasteiger partial charge in [-0.3, -0.25) is 4.90 Å². The van der Waals surface area contributed by atoms with Crippen LogP contribution in [0.3, 0.4) is 0 Å². The Morgan fingerprint density at radius 2 is 1.79 bits per heavy atom. The summed E-state index contributed by atoms with van der Waals surface area (Å²) in [5.41, 5.74) is 1.10. The van der Waals surface area contributed by atoms with Gasteiger partial charge in [-0.25, -0.2) is 14.6 Å². The molecule has 0 bridgehead atoms.